The number of carboxylic acids is 3. The van der Waals surface area contributed by atoms with Gasteiger partial charge in [-0.1, -0.05) is 0 Å². The first kappa shape index (κ1) is 21.6. The number of aromatic nitrogens is 2. The average molecular weight is 385 g/mol. The van der Waals surface area contributed by atoms with E-state index in [-0.39, 0.29) is 6.42 Å². The number of rotatable bonds is 11. The zero-order valence-corrected chi connectivity index (χ0v) is 13.9. The summed E-state index contributed by atoms with van der Waals surface area (Å²) in [5, 5.41) is 30.7. The van der Waals surface area contributed by atoms with Gasteiger partial charge in [0.25, 0.3) is 0 Å². The third-order valence-electron chi connectivity index (χ3n) is 3.34. The Morgan fingerprint density at radius 1 is 1.00 bits per heavy atom. The first-order valence-electron chi connectivity index (χ1n) is 7.60. The average Bonchev–Trinajstić information content (AvgIpc) is 3.05. The minimum Gasteiger partial charge on any atom is -0.481 e. The van der Waals surface area contributed by atoms with E-state index in [1.54, 1.807) is 0 Å². The van der Waals surface area contributed by atoms with Crippen LogP contribution < -0.4 is 16.4 Å². The van der Waals surface area contributed by atoms with Gasteiger partial charge in [-0.3, -0.25) is 19.2 Å². The number of imidazole rings is 1. The molecular formula is C14H19N5O8. The summed E-state index contributed by atoms with van der Waals surface area (Å²) in [6.45, 7) is 0. The molecule has 148 valence electrons. The van der Waals surface area contributed by atoms with Gasteiger partial charge in [0.05, 0.1) is 25.2 Å². The number of nitrogens with zero attached hydrogens (tertiary/aromatic N) is 1. The summed E-state index contributed by atoms with van der Waals surface area (Å²) in [6, 6.07) is -4.49. The Bertz CT molecular complexity index is 704. The molecule has 0 fully saturated rings. The highest BCUT2D eigenvalue weighted by atomic mass is 16.4. The molecule has 27 heavy (non-hydrogen) atoms. The van der Waals surface area contributed by atoms with Crippen LogP contribution in [0, 0.1) is 0 Å². The molecule has 0 spiro atoms. The van der Waals surface area contributed by atoms with E-state index in [2.05, 4.69) is 15.3 Å². The number of nitrogens with one attached hydrogen (secondary N) is 3. The molecule has 0 saturated carbocycles. The summed E-state index contributed by atoms with van der Waals surface area (Å²) in [6.07, 6.45) is 0.977. The lowest BCUT2D eigenvalue weighted by Crippen LogP contribution is -2.55. The van der Waals surface area contributed by atoms with Crippen molar-refractivity contribution in [2.75, 3.05) is 0 Å². The fourth-order valence-corrected chi connectivity index (χ4v) is 2.03. The first-order chi connectivity index (χ1) is 12.6. The van der Waals surface area contributed by atoms with Gasteiger partial charge in [0, 0.05) is 18.3 Å². The predicted octanol–water partition coefficient (Wildman–Crippen LogP) is -2.72. The molecule has 1 aromatic rings. The Balaban J connectivity index is 2.90. The molecule has 0 bridgehead atoms. The monoisotopic (exact) mass is 385 g/mol. The summed E-state index contributed by atoms with van der Waals surface area (Å²) in [5.74, 6) is -6.25. The molecule has 13 heteroatoms. The van der Waals surface area contributed by atoms with Crippen molar-refractivity contribution in [3.8, 4) is 0 Å². The molecule has 2 amide bonds. The van der Waals surface area contributed by atoms with E-state index >= 15 is 0 Å². The maximum absolute atomic E-state index is 12.4. The van der Waals surface area contributed by atoms with Crippen LogP contribution in [0.1, 0.15) is 18.5 Å². The van der Waals surface area contributed by atoms with Crippen LogP contribution in [-0.2, 0) is 30.4 Å². The fraction of sp³-hybridized carbons (Fsp3) is 0.429. The summed E-state index contributed by atoms with van der Waals surface area (Å²) in [4.78, 5) is 63.3. The summed E-state index contributed by atoms with van der Waals surface area (Å²) < 4.78 is 0. The quantitative estimate of drug-likeness (QED) is 0.208. The summed E-state index contributed by atoms with van der Waals surface area (Å²) in [7, 11) is 0. The van der Waals surface area contributed by atoms with Crippen molar-refractivity contribution in [1.82, 2.24) is 20.6 Å². The zero-order chi connectivity index (χ0) is 20.6. The van der Waals surface area contributed by atoms with Crippen molar-refractivity contribution in [2.24, 2.45) is 5.73 Å². The molecule has 0 radical (unpaired) electrons. The van der Waals surface area contributed by atoms with Crippen molar-refractivity contribution < 1.29 is 39.3 Å². The van der Waals surface area contributed by atoms with Gasteiger partial charge in [0.1, 0.15) is 12.1 Å². The maximum atomic E-state index is 12.4. The van der Waals surface area contributed by atoms with Crippen LogP contribution in [0.25, 0.3) is 0 Å². The third kappa shape index (κ3) is 7.52. The SMILES string of the molecule is NC(CC(=O)O)C(=O)NC(Cc1cnc[nH]1)C(=O)NC(CC(=O)O)C(=O)O. The lowest BCUT2D eigenvalue weighted by atomic mass is 10.1. The van der Waals surface area contributed by atoms with E-state index in [9.17, 15) is 24.0 Å². The Kier molecular flexibility index (Phi) is 7.88. The first-order valence-corrected chi connectivity index (χ1v) is 7.60. The van der Waals surface area contributed by atoms with Gasteiger partial charge < -0.3 is 36.7 Å². The van der Waals surface area contributed by atoms with E-state index in [1.807, 2.05) is 5.32 Å². The Hall–Kier alpha value is -3.48. The van der Waals surface area contributed by atoms with Gasteiger partial charge in [-0.05, 0) is 0 Å². The van der Waals surface area contributed by atoms with Crippen LogP contribution >= 0.6 is 0 Å². The molecular weight excluding hydrogens is 366 g/mol. The van der Waals surface area contributed by atoms with Crippen LogP contribution in [0.2, 0.25) is 0 Å². The van der Waals surface area contributed by atoms with Crippen LogP contribution in [0.5, 0.6) is 0 Å². The summed E-state index contributed by atoms with van der Waals surface area (Å²) in [5.41, 5.74) is 5.85. The molecule has 0 saturated heterocycles. The largest absolute Gasteiger partial charge is 0.481 e. The van der Waals surface area contributed by atoms with Gasteiger partial charge in [-0.2, -0.15) is 0 Å². The number of nitrogens with two attached hydrogens (primary N) is 1. The fourth-order valence-electron chi connectivity index (χ4n) is 2.03. The number of H-pyrrole nitrogens is 1. The number of hydrogen-bond donors (Lipinski definition) is 7. The number of carboxylic acid groups (broad SMARTS) is 3. The van der Waals surface area contributed by atoms with Crippen molar-refractivity contribution in [3.63, 3.8) is 0 Å². The maximum Gasteiger partial charge on any atom is 0.326 e. The molecule has 0 aromatic carbocycles. The van der Waals surface area contributed by atoms with E-state index in [4.69, 9.17) is 21.1 Å². The second-order valence-corrected chi connectivity index (χ2v) is 5.54. The van der Waals surface area contributed by atoms with Crippen molar-refractivity contribution in [2.45, 2.75) is 37.4 Å². The molecule has 1 rings (SSSR count). The minimum atomic E-state index is -1.72. The van der Waals surface area contributed by atoms with E-state index < -0.39 is 60.7 Å². The molecule has 1 heterocycles. The van der Waals surface area contributed by atoms with Crippen molar-refractivity contribution in [1.29, 1.82) is 0 Å². The Morgan fingerprint density at radius 3 is 2.07 bits per heavy atom. The normalized spacial score (nSPS) is 13.8. The standard InChI is InChI=1S/C14H19N5O8/c15-7(2-10(20)21)12(24)18-8(1-6-4-16-5-17-6)13(25)19-9(14(26)27)3-11(22)23/h4-5,7-9H,1-3,15H2,(H,16,17)(H,18,24)(H,19,25)(H,20,21)(H,22,23)(H,26,27). The second kappa shape index (κ2) is 9.86. The highest BCUT2D eigenvalue weighted by Crippen LogP contribution is 2.02. The molecule has 0 aliphatic rings. The molecule has 0 aliphatic carbocycles. The molecule has 0 aliphatic heterocycles. The molecule has 3 unspecified atom stereocenters. The molecule has 8 N–H and O–H groups in total. The second-order valence-electron chi connectivity index (χ2n) is 5.54. The third-order valence-corrected chi connectivity index (χ3v) is 3.34. The number of aliphatic carboxylic acids is 3. The summed E-state index contributed by atoms with van der Waals surface area (Å²) >= 11 is 0. The molecule has 1 aromatic heterocycles. The van der Waals surface area contributed by atoms with E-state index in [1.165, 1.54) is 12.5 Å². The van der Waals surface area contributed by atoms with Crippen LogP contribution in [0.4, 0.5) is 0 Å². The lowest BCUT2D eigenvalue weighted by molar-refractivity contribution is -0.147. The van der Waals surface area contributed by atoms with Crippen LogP contribution in [0.15, 0.2) is 12.5 Å². The van der Waals surface area contributed by atoms with Crippen molar-refractivity contribution in [3.05, 3.63) is 18.2 Å². The highest BCUT2D eigenvalue weighted by molar-refractivity contribution is 5.93. The number of amides is 2. The van der Waals surface area contributed by atoms with Gasteiger partial charge in [0.15, 0.2) is 0 Å². The zero-order valence-electron chi connectivity index (χ0n) is 13.9. The van der Waals surface area contributed by atoms with Gasteiger partial charge in [0.2, 0.25) is 11.8 Å². The van der Waals surface area contributed by atoms with E-state index in [0.717, 1.165) is 0 Å². The molecule has 3 atom stereocenters. The van der Waals surface area contributed by atoms with Gasteiger partial charge in [-0.25, -0.2) is 9.78 Å². The minimum absolute atomic E-state index is 0.142. The van der Waals surface area contributed by atoms with E-state index in [0.29, 0.717) is 5.69 Å². The predicted molar refractivity (Wildman–Crippen MR) is 86.3 cm³/mol. The highest BCUT2D eigenvalue weighted by Gasteiger charge is 2.30. The number of carbonyl (C=O) groups is 5. The molecule has 13 nitrogen and oxygen atoms in total. The van der Waals surface area contributed by atoms with Gasteiger partial charge in [-0.15, -0.1) is 0 Å². The number of carbonyl (C=O) groups excluding carboxylic acids is 2. The number of aromatic amines is 1. The topological polar surface area (TPSA) is 225 Å². The Labute approximate surface area is 152 Å². The van der Waals surface area contributed by atoms with Crippen LogP contribution in [0.3, 0.4) is 0 Å². The Morgan fingerprint density at radius 2 is 1.59 bits per heavy atom. The smallest absolute Gasteiger partial charge is 0.326 e. The number of hydrogen-bond acceptors (Lipinski definition) is 7. The van der Waals surface area contributed by atoms with Crippen molar-refractivity contribution >= 4 is 29.7 Å². The lowest BCUT2D eigenvalue weighted by Gasteiger charge is -2.21. The van der Waals surface area contributed by atoms with Crippen LogP contribution in [-0.4, -0.2) is 73.1 Å². The van der Waals surface area contributed by atoms with Gasteiger partial charge >= 0.3 is 17.9 Å².